The number of nitrogens with two attached hydrogens (primary N) is 1. The molecule has 2 rings (SSSR count). The number of halogens is 3. The van der Waals surface area contributed by atoms with Crippen LogP contribution in [-0.2, 0) is 6.18 Å². The lowest BCUT2D eigenvalue weighted by atomic mass is 10.2. The summed E-state index contributed by atoms with van der Waals surface area (Å²) in [6, 6.07) is 4.88. The van der Waals surface area contributed by atoms with Crippen molar-refractivity contribution in [3.05, 3.63) is 47.9 Å². The molecule has 0 aliphatic rings. The van der Waals surface area contributed by atoms with Gasteiger partial charge in [0.25, 0.3) is 5.91 Å². The lowest BCUT2D eigenvalue weighted by Gasteiger charge is -2.08. The Labute approximate surface area is 111 Å². The van der Waals surface area contributed by atoms with Gasteiger partial charge in [0.15, 0.2) is 5.82 Å². The Balaban J connectivity index is 2.16. The van der Waals surface area contributed by atoms with E-state index in [1.807, 2.05) is 0 Å². The second kappa shape index (κ2) is 5.16. The number of amides is 1. The molecule has 1 amide bonds. The van der Waals surface area contributed by atoms with Crippen LogP contribution in [0.4, 0.5) is 24.7 Å². The highest BCUT2D eigenvalue weighted by atomic mass is 19.4. The third-order valence-electron chi connectivity index (χ3n) is 2.39. The van der Waals surface area contributed by atoms with E-state index >= 15 is 0 Å². The number of carbonyl (C=O) groups is 1. The van der Waals surface area contributed by atoms with Gasteiger partial charge in [-0.3, -0.25) is 9.78 Å². The van der Waals surface area contributed by atoms with Crippen molar-refractivity contribution in [1.29, 1.82) is 0 Å². The van der Waals surface area contributed by atoms with Gasteiger partial charge in [-0.1, -0.05) is 0 Å². The van der Waals surface area contributed by atoms with Crippen LogP contribution in [0, 0.1) is 0 Å². The Morgan fingerprint density at radius 3 is 2.50 bits per heavy atom. The zero-order valence-electron chi connectivity index (χ0n) is 9.98. The second-order valence-electron chi connectivity index (χ2n) is 3.83. The largest absolute Gasteiger partial charge is 0.417 e. The molecule has 0 unspecified atom stereocenters. The summed E-state index contributed by atoms with van der Waals surface area (Å²) in [5.41, 5.74) is 4.74. The molecule has 0 saturated heterocycles. The Bertz CT molecular complexity index is 625. The molecule has 0 aromatic carbocycles. The highest BCUT2D eigenvalue weighted by Gasteiger charge is 2.30. The molecule has 0 atom stereocenters. The maximum atomic E-state index is 12.4. The molecule has 3 N–H and O–H groups in total. The van der Waals surface area contributed by atoms with Crippen LogP contribution in [0.2, 0.25) is 0 Å². The van der Waals surface area contributed by atoms with Crippen LogP contribution in [0.3, 0.4) is 0 Å². The van der Waals surface area contributed by atoms with E-state index in [1.165, 1.54) is 12.3 Å². The first-order valence-electron chi connectivity index (χ1n) is 5.43. The number of pyridine rings is 2. The van der Waals surface area contributed by atoms with Crippen molar-refractivity contribution in [2.24, 2.45) is 0 Å². The fourth-order valence-electron chi connectivity index (χ4n) is 1.39. The summed E-state index contributed by atoms with van der Waals surface area (Å²) in [4.78, 5) is 19.1. The van der Waals surface area contributed by atoms with Crippen LogP contribution >= 0.6 is 0 Å². The SMILES string of the molecule is Nc1cccnc1NC(=O)c1ccc(C(F)(F)F)cn1. The molecule has 0 bridgehead atoms. The van der Waals surface area contributed by atoms with Crippen molar-refractivity contribution in [2.75, 3.05) is 11.1 Å². The fraction of sp³-hybridized carbons (Fsp3) is 0.0833. The van der Waals surface area contributed by atoms with Gasteiger partial charge in [0, 0.05) is 12.4 Å². The zero-order chi connectivity index (χ0) is 14.8. The maximum Gasteiger partial charge on any atom is 0.417 e. The Morgan fingerprint density at radius 1 is 1.20 bits per heavy atom. The quantitative estimate of drug-likeness (QED) is 0.885. The highest BCUT2D eigenvalue weighted by Crippen LogP contribution is 2.28. The number of rotatable bonds is 2. The van der Waals surface area contributed by atoms with Crippen LogP contribution in [-0.4, -0.2) is 15.9 Å². The summed E-state index contributed by atoms with van der Waals surface area (Å²) in [5.74, 6) is -0.566. The average Bonchev–Trinajstić information content (AvgIpc) is 2.40. The predicted molar refractivity (Wildman–Crippen MR) is 65.8 cm³/mol. The normalized spacial score (nSPS) is 11.2. The minimum Gasteiger partial charge on any atom is -0.396 e. The number of aromatic nitrogens is 2. The van der Waals surface area contributed by atoms with Gasteiger partial charge < -0.3 is 11.1 Å². The van der Waals surface area contributed by atoms with Gasteiger partial charge >= 0.3 is 6.18 Å². The summed E-state index contributed by atoms with van der Waals surface area (Å²) >= 11 is 0. The Morgan fingerprint density at radius 2 is 1.95 bits per heavy atom. The minimum absolute atomic E-state index is 0.124. The van der Waals surface area contributed by atoms with Crippen LogP contribution < -0.4 is 11.1 Å². The predicted octanol–water partition coefficient (Wildman–Crippen LogP) is 2.33. The van der Waals surface area contributed by atoms with E-state index in [0.717, 1.165) is 12.1 Å². The summed E-state index contributed by atoms with van der Waals surface area (Å²) in [7, 11) is 0. The molecular formula is C12H9F3N4O. The third-order valence-corrected chi connectivity index (χ3v) is 2.39. The second-order valence-corrected chi connectivity index (χ2v) is 3.83. The number of alkyl halides is 3. The van der Waals surface area contributed by atoms with Crippen LogP contribution in [0.5, 0.6) is 0 Å². The third kappa shape index (κ3) is 3.02. The van der Waals surface area contributed by atoms with E-state index in [-0.39, 0.29) is 17.2 Å². The molecule has 5 nitrogen and oxygen atoms in total. The molecule has 8 heteroatoms. The van der Waals surface area contributed by atoms with Crippen LogP contribution in [0.1, 0.15) is 16.1 Å². The smallest absolute Gasteiger partial charge is 0.396 e. The molecule has 0 saturated carbocycles. The van der Waals surface area contributed by atoms with Gasteiger partial charge in [-0.25, -0.2) is 4.98 Å². The molecule has 20 heavy (non-hydrogen) atoms. The molecule has 0 fully saturated rings. The van der Waals surface area contributed by atoms with Gasteiger partial charge in [0.05, 0.1) is 11.3 Å². The van der Waals surface area contributed by atoms with E-state index < -0.39 is 17.6 Å². The number of nitrogens with one attached hydrogen (secondary N) is 1. The van der Waals surface area contributed by atoms with Crippen molar-refractivity contribution in [2.45, 2.75) is 6.18 Å². The number of nitrogens with zero attached hydrogens (tertiary/aromatic N) is 2. The minimum atomic E-state index is -4.49. The zero-order valence-corrected chi connectivity index (χ0v) is 9.98. The number of hydrogen-bond acceptors (Lipinski definition) is 4. The summed E-state index contributed by atoms with van der Waals surface area (Å²) < 4.78 is 37.1. The Kier molecular flexibility index (Phi) is 3.55. The van der Waals surface area contributed by atoms with Crippen LogP contribution in [0.15, 0.2) is 36.7 Å². The van der Waals surface area contributed by atoms with E-state index in [4.69, 9.17) is 5.73 Å². The molecule has 0 radical (unpaired) electrons. The van der Waals surface area contributed by atoms with Crippen LogP contribution in [0.25, 0.3) is 0 Å². The van der Waals surface area contributed by atoms with Gasteiger partial charge in [0.2, 0.25) is 0 Å². The van der Waals surface area contributed by atoms with Crippen molar-refractivity contribution in [3.8, 4) is 0 Å². The molecule has 0 aliphatic heterocycles. The summed E-state index contributed by atoms with van der Waals surface area (Å²) in [6.45, 7) is 0. The van der Waals surface area contributed by atoms with E-state index in [0.29, 0.717) is 6.20 Å². The Hall–Kier alpha value is -2.64. The maximum absolute atomic E-state index is 12.4. The topological polar surface area (TPSA) is 80.9 Å². The van der Waals surface area contributed by atoms with Crippen molar-refractivity contribution >= 4 is 17.4 Å². The number of anilines is 2. The molecule has 0 spiro atoms. The standard InChI is InChI=1S/C12H9F3N4O/c13-12(14,15)7-3-4-9(18-6-7)11(20)19-10-8(16)2-1-5-17-10/h1-6H,16H2,(H,17,19,20). The van der Waals surface area contributed by atoms with Gasteiger partial charge in [-0.2, -0.15) is 13.2 Å². The monoisotopic (exact) mass is 282 g/mol. The molecule has 2 aromatic heterocycles. The lowest BCUT2D eigenvalue weighted by molar-refractivity contribution is -0.137. The van der Waals surface area contributed by atoms with E-state index in [9.17, 15) is 18.0 Å². The average molecular weight is 282 g/mol. The van der Waals surface area contributed by atoms with Gasteiger partial charge in [-0.05, 0) is 24.3 Å². The molecule has 2 aromatic rings. The first-order chi connectivity index (χ1) is 9.38. The van der Waals surface area contributed by atoms with Crippen molar-refractivity contribution < 1.29 is 18.0 Å². The summed E-state index contributed by atoms with van der Waals surface area (Å²) in [5, 5.41) is 2.37. The number of nitrogen functional groups attached to an aromatic ring is 1. The van der Waals surface area contributed by atoms with Crippen molar-refractivity contribution in [3.63, 3.8) is 0 Å². The van der Waals surface area contributed by atoms with E-state index in [2.05, 4.69) is 15.3 Å². The lowest BCUT2D eigenvalue weighted by Crippen LogP contribution is -2.16. The molecular weight excluding hydrogens is 273 g/mol. The number of hydrogen-bond donors (Lipinski definition) is 2. The number of carbonyl (C=O) groups excluding carboxylic acids is 1. The first kappa shape index (κ1) is 13.8. The van der Waals surface area contributed by atoms with Gasteiger partial charge in [0.1, 0.15) is 5.69 Å². The highest BCUT2D eigenvalue weighted by molar-refractivity contribution is 6.03. The summed E-state index contributed by atoms with van der Waals surface area (Å²) in [6.07, 6.45) is -2.48. The molecule has 2 heterocycles. The first-order valence-corrected chi connectivity index (χ1v) is 5.43. The molecule has 104 valence electrons. The van der Waals surface area contributed by atoms with Gasteiger partial charge in [-0.15, -0.1) is 0 Å². The fourth-order valence-corrected chi connectivity index (χ4v) is 1.39. The van der Waals surface area contributed by atoms with E-state index in [1.54, 1.807) is 6.07 Å². The van der Waals surface area contributed by atoms with Crippen molar-refractivity contribution in [1.82, 2.24) is 9.97 Å². The molecule has 0 aliphatic carbocycles.